The molecule has 1 aromatic heterocycles. The summed E-state index contributed by atoms with van der Waals surface area (Å²) in [6.07, 6.45) is 1.81. The van der Waals surface area contributed by atoms with E-state index in [1.54, 1.807) is 6.20 Å². The van der Waals surface area contributed by atoms with Gasteiger partial charge in [0.25, 0.3) is 0 Å². The van der Waals surface area contributed by atoms with Gasteiger partial charge in [0.2, 0.25) is 0 Å². The zero-order valence-corrected chi connectivity index (χ0v) is 17.5. The SMILES string of the molecule is CCNC(=NCc1c(C)cc(C)cc1C)NCc1ccnn1C.I. The van der Waals surface area contributed by atoms with Gasteiger partial charge in [-0.05, 0) is 50.5 Å². The summed E-state index contributed by atoms with van der Waals surface area (Å²) in [5, 5.41) is 10.8. The van der Waals surface area contributed by atoms with Crippen LogP contribution in [0.2, 0.25) is 0 Å². The standard InChI is InChI=1S/C18H27N5.HI/c1-6-19-18(20-11-16-7-8-22-23(16)5)21-12-17-14(3)9-13(2)10-15(17)4;/h7-10H,6,11-12H2,1-5H3,(H2,19,20,21);1H. The topological polar surface area (TPSA) is 54.2 Å². The van der Waals surface area contributed by atoms with Gasteiger partial charge in [-0.15, -0.1) is 24.0 Å². The number of nitrogens with one attached hydrogen (secondary N) is 2. The van der Waals surface area contributed by atoms with Crippen LogP contribution in [0.3, 0.4) is 0 Å². The molecule has 0 fully saturated rings. The molecule has 0 spiro atoms. The predicted molar refractivity (Wildman–Crippen MR) is 111 cm³/mol. The summed E-state index contributed by atoms with van der Waals surface area (Å²) < 4.78 is 1.87. The maximum atomic E-state index is 4.73. The molecule has 0 saturated heterocycles. The van der Waals surface area contributed by atoms with Crippen molar-refractivity contribution in [2.75, 3.05) is 6.54 Å². The molecule has 0 aliphatic rings. The molecular weight excluding hydrogens is 413 g/mol. The number of nitrogens with zero attached hydrogens (tertiary/aromatic N) is 3. The minimum Gasteiger partial charge on any atom is -0.357 e. The van der Waals surface area contributed by atoms with Crippen LogP contribution >= 0.6 is 24.0 Å². The van der Waals surface area contributed by atoms with Crippen LogP contribution < -0.4 is 10.6 Å². The third-order valence-electron chi connectivity index (χ3n) is 3.94. The van der Waals surface area contributed by atoms with Crippen LogP contribution in [-0.4, -0.2) is 22.3 Å². The highest BCUT2D eigenvalue weighted by molar-refractivity contribution is 14.0. The van der Waals surface area contributed by atoms with E-state index in [2.05, 4.69) is 55.6 Å². The highest BCUT2D eigenvalue weighted by Crippen LogP contribution is 2.17. The summed E-state index contributed by atoms with van der Waals surface area (Å²) in [6.45, 7) is 10.7. The highest BCUT2D eigenvalue weighted by Gasteiger charge is 2.05. The van der Waals surface area contributed by atoms with Crippen LogP contribution in [0.4, 0.5) is 0 Å². The molecule has 5 nitrogen and oxygen atoms in total. The maximum Gasteiger partial charge on any atom is 0.191 e. The van der Waals surface area contributed by atoms with Crippen molar-refractivity contribution in [3.63, 3.8) is 0 Å². The lowest BCUT2D eigenvalue weighted by Crippen LogP contribution is -2.37. The Morgan fingerprint density at radius 1 is 1.17 bits per heavy atom. The van der Waals surface area contributed by atoms with Gasteiger partial charge in [0.05, 0.1) is 18.8 Å². The lowest BCUT2D eigenvalue weighted by molar-refractivity contribution is 0.684. The minimum atomic E-state index is 0. The number of benzene rings is 1. The fourth-order valence-electron chi connectivity index (χ4n) is 2.71. The number of aryl methyl sites for hydroxylation is 4. The number of guanidine groups is 1. The second-order valence-corrected chi connectivity index (χ2v) is 5.87. The first kappa shape index (κ1) is 20.5. The fourth-order valence-corrected chi connectivity index (χ4v) is 2.71. The number of halogens is 1. The van der Waals surface area contributed by atoms with Crippen molar-refractivity contribution in [3.05, 3.63) is 52.3 Å². The first-order chi connectivity index (χ1) is 11.0. The van der Waals surface area contributed by atoms with E-state index in [4.69, 9.17) is 4.99 Å². The van der Waals surface area contributed by atoms with Crippen LogP contribution in [0.1, 0.15) is 34.9 Å². The quantitative estimate of drug-likeness (QED) is 0.426. The second-order valence-electron chi connectivity index (χ2n) is 5.87. The van der Waals surface area contributed by atoms with Crippen molar-refractivity contribution in [1.29, 1.82) is 0 Å². The Labute approximate surface area is 162 Å². The first-order valence-electron chi connectivity index (χ1n) is 8.07. The molecule has 2 N–H and O–H groups in total. The summed E-state index contributed by atoms with van der Waals surface area (Å²) in [4.78, 5) is 4.73. The van der Waals surface area contributed by atoms with Crippen molar-refractivity contribution in [3.8, 4) is 0 Å². The Bertz CT molecular complexity index is 667. The summed E-state index contributed by atoms with van der Waals surface area (Å²) in [5.74, 6) is 0.827. The highest BCUT2D eigenvalue weighted by atomic mass is 127. The summed E-state index contributed by atoms with van der Waals surface area (Å²) in [5.41, 5.74) is 6.32. The van der Waals surface area contributed by atoms with E-state index in [1.807, 2.05) is 17.8 Å². The molecule has 6 heteroatoms. The van der Waals surface area contributed by atoms with E-state index in [0.717, 1.165) is 18.2 Å². The van der Waals surface area contributed by atoms with Gasteiger partial charge in [0, 0.05) is 19.8 Å². The third-order valence-corrected chi connectivity index (χ3v) is 3.94. The Morgan fingerprint density at radius 3 is 2.38 bits per heavy atom. The second kappa shape index (κ2) is 9.66. The van der Waals surface area contributed by atoms with E-state index in [-0.39, 0.29) is 24.0 Å². The summed E-state index contributed by atoms with van der Waals surface area (Å²) in [7, 11) is 1.94. The molecule has 0 saturated carbocycles. The van der Waals surface area contributed by atoms with Gasteiger partial charge in [-0.3, -0.25) is 4.68 Å². The third kappa shape index (κ3) is 5.51. The first-order valence-corrected chi connectivity index (χ1v) is 8.07. The molecule has 2 aromatic rings. The van der Waals surface area contributed by atoms with Gasteiger partial charge in [-0.2, -0.15) is 5.10 Å². The number of aromatic nitrogens is 2. The normalized spacial score (nSPS) is 11.1. The molecule has 0 radical (unpaired) electrons. The average Bonchev–Trinajstić information content (AvgIpc) is 2.88. The number of aliphatic imine (C=N–C) groups is 1. The number of hydrogen-bond acceptors (Lipinski definition) is 2. The van der Waals surface area contributed by atoms with Gasteiger partial charge in [-0.25, -0.2) is 4.99 Å². The molecule has 24 heavy (non-hydrogen) atoms. The molecule has 132 valence electrons. The molecule has 0 amide bonds. The number of rotatable bonds is 5. The largest absolute Gasteiger partial charge is 0.357 e. The van der Waals surface area contributed by atoms with Gasteiger partial charge in [0.1, 0.15) is 0 Å². The van der Waals surface area contributed by atoms with E-state index in [1.165, 1.54) is 22.3 Å². The average molecular weight is 441 g/mol. The fraction of sp³-hybridized carbons (Fsp3) is 0.444. The van der Waals surface area contributed by atoms with E-state index < -0.39 is 0 Å². The molecule has 1 heterocycles. The van der Waals surface area contributed by atoms with Crippen LogP contribution in [-0.2, 0) is 20.1 Å². The zero-order chi connectivity index (χ0) is 16.8. The molecule has 0 unspecified atom stereocenters. The summed E-state index contributed by atoms with van der Waals surface area (Å²) >= 11 is 0. The van der Waals surface area contributed by atoms with Crippen LogP contribution in [0.5, 0.6) is 0 Å². The van der Waals surface area contributed by atoms with Crippen molar-refractivity contribution in [2.45, 2.75) is 40.8 Å². The van der Waals surface area contributed by atoms with Gasteiger partial charge in [-0.1, -0.05) is 17.7 Å². The van der Waals surface area contributed by atoms with Gasteiger partial charge in [0.15, 0.2) is 5.96 Å². The molecule has 0 aliphatic heterocycles. The number of hydrogen-bond donors (Lipinski definition) is 2. The lowest BCUT2D eigenvalue weighted by atomic mass is 10.00. The molecular formula is C18H28IN5. The van der Waals surface area contributed by atoms with E-state index in [9.17, 15) is 0 Å². The van der Waals surface area contributed by atoms with Crippen molar-refractivity contribution in [1.82, 2.24) is 20.4 Å². The molecule has 1 aromatic carbocycles. The smallest absolute Gasteiger partial charge is 0.191 e. The van der Waals surface area contributed by atoms with Crippen molar-refractivity contribution in [2.24, 2.45) is 12.0 Å². The Balaban J connectivity index is 0.00000288. The van der Waals surface area contributed by atoms with E-state index >= 15 is 0 Å². The minimum absolute atomic E-state index is 0. The molecule has 0 atom stereocenters. The Hall–Kier alpha value is -1.57. The van der Waals surface area contributed by atoms with Crippen LogP contribution in [0.15, 0.2) is 29.4 Å². The Kier molecular flexibility index (Phi) is 8.24. The molecule has 2 rings (SSSR count). The summed E-state index contributed by atoms with van der Waals surface area (Å²) in [6, 6.07) is 6.44. The molecule has 0 aliphatic carbocycles. The van der Waals surface area contributed by atoms with Gasteiger partial charge < -0.3 is 10.6 Å². The van der Waals surface area contributed by atoms with Crippen molar-refractivity contribution < 1.29 is 0 Å². The van der Waals surface area contributed by atoms with Crippen molar-refractivity contribution >= 4 is 29.9 Å². The van der Waals surface area contributed by atoms with E-state index in [0.29, 0.717) is 13.1 Å². The maximum absolute atomic E-state index is 4.73. The zero-order valence-electron chi connectivity index (χ0n) is 15.2. The van der Waals surface area contributed by atoms with Crippen LogP contribution in [0.25, 0.3) is 0 Å². The van der Waals surface area contributed by atoms with Gasteiger partial charge >= 0.3 is 0 Å². The Morgan fingerprint density at radius 2 is 1.83 bits per heavy atom. The monoisotopic (exact) mass is 441 g/mol. The molecule has 0 bridgehead atoms. The lowest BCUT2D eigenvalue weighted by Gasteiger charge is -2.13. The van der Waals surface area contributed by atoms with Crippen LogP contribution in [0, 0.1) is 20.8 Å². The predicted octanol–water partition coefficient (Wildman–Crippen LogP) is 3.22.